The van der Waals surface area contributed by atoms with E-state index in [1.54, 1.807) is 6.07 Å². The standard InChI is InChI=1S/C26H28N4O3S/c1-16(2)33-24-11-23(28-22-6-4-3-5-21(22)24)26(32)30-14-18-12-29(13-19(18)15-30)25(31)17-7-9-20(34-27)10-8-17/h3-11,16,18-19H,12-15,27H2,1-2H3. The lowest BCUT2D eigenvalue weighted by molar-refractivity contribution is 0.0735. The largest absolute Gasteiger partial charge is 0.490 e. The number of amides is 2. The van der Waals surface area contributed by atoms with Crippen LogP contribution in [0.2, 0.25) is 0 Å². The molecule has 2 aromatic carbocycles. The Labute approximate surface area is 203 Å². The maximum absolute atomic E-state index is 13.4. The average Bonchev–Trinajstić information content (AvgIpc) is 3.42. The number of carbonyl (C=O) groups excluding carboxylic acids is 2. The van der Waals surface area contributed by atoms with Crippen molar-refractivity contribution in [1.82, 2.24) is 14.8 Å². The molecule has 7 nitrogen and oxygen atoms in total. The molecule has 5 rings (SSSR count). The molecule has 0 saturated carbocycles. The summed E-state index contributed by atoms with van der Waals surface area (Å²) < 4.78 is 5.99. The minimum Gasteiger partial charge on any atom is -0.490 e. The molecule has 176 valence electrons. The lowest BCUT2D eigenvalue weighted by atomic mass is 10.0. The van der Waals surface area contributed by atoms with Gasteiger partial charge in [-0.25, -0.2) is 4.98 Å². The molecule has 3 heterocycles. The molecule has 3 aromatic rings. The number of likely N-dealkylation sites (tertiary alicyclic amines) is 2. The van der Waals surface area contributed by atoms with Crippen molar-refractivity contribution in [2.45, 2.75) is 24.8 Å². The van der Waals surface area contributed by atoms with E-state index in [1.807, 2.05) is 72.2 Å². The first kappa shape index (κ1) is 22.7. The predicted octanol–water partition coefficient (Wildman–Crippen LogP) is 3.83. The zero-order chi connectivity index (χ0) is 23.8. The van der Waals surface area contributed by atoms with E-state index in [1.165, 1.54) is 0 Å². The van der Waals surface area contributed by atoms with Crippen molar-refractivity contribution in [2.24, 2.45) is 17.0 Å². The van der Waals surface area contributed by atoms with Gasteiger partial charge in [0.1, 0.15) is 11.4 Å². The summed E-state index contributed by atoms with van der Waals surface area (Å²) in [5.74, 6) is 1.19. The lowest BCUT2D eigenvalue weighted by Gasteiger charge is -2.22. The van der Waals surface area contributed by atoms with E-state index in [0.29, 0.717) is 43.2 Å². The fourth-order valence-electron chi connectivity index (χ4n) is 4.95. The summed E-state index contributed by atoms with van der Waals surface area (Å²) in [6.45, 7) is 6.52. The van der Waals surface area contributed by atoms with Gasteiger partial charge in [0.05, 0.1) is 11.6 Å². The van der Waals surface area contributed by atoms with Crippen LogP contribution in [0.15, 0.2) is 59.5 Å². The third kappa shape index (κ3) is 4.35. The minimum atomic E-state index is -0.0819. The molecular formula is C26H28N4O3S. The third-order valence-corrected chi connectivity index (χ3v) is 7.10. The van der Waals surface area contributed by atoms with E-state index in [9.17, 15) is 9.59 Å². The minimum absolute atomic E-state index is 0.00585. The zero-order valence-corrected chi connectivity index (χ0v) is 20.1. The quantitative estimate of drug-likeness (QED) is 0.563. The first-order valence-corrected chi connectivity index (χ1v) is 12.4. The second-order valence-corrected chi connectivity index (χ2v) is 9.98. The number of carbonyl (C=O) groups is 2. The summed E-state index contributed by atoms with van der Waals surface area (Å²) in [4.78, 5) is 35.7. The molecule has 0 radical (unpaired) electrons. The fourth-order valence-corrected chi connectivity index (χ4v) is 5.24. The van der Waals surface area contributed by atoms with E-state index in [-0.39, 0.29) is 29.8 Å². The van der Waals surface area contributed by atoms with Crippen molar-refractivity contribution < 1.29 is 14.3 Å². The molecule has 2 unspecified atom stereocenters. The van der Waals surface area contributed by atoms with Crippen molar-refractivity contribution in [3.05, 3.63) is 65.9 Å². The molecule has 2 saturated heterocycles. The molecule has 2 amide bonds. The lowest BCUT2D eigenvalue weighted by Crippen LogP contribution is -2.36. The first-order chi connectivity index (χ1) is 16.4. The highest BCUT2D eigenvalue weighted by Crippen LogP contribution is 2.34. The van der Waals surface area contributed by atoms with Gasteiger partial charge in [-0.3, -0.25) is 14.7 Å². The van der Waals surface area contributed by atoms with Crippen LogP contribution >= 0.6 is 11.9 Å². The molecule has 2 fully saturated rings. The van der Waals surface area contributed by atoms with Gasteiger partial charge in [0.25, 0.3) is 11.8 Å². The van der Waals surface area contributed by atoms with Crippen LogP contribution in [0.25, 0.3) is 10.9 Å². The van der Waals surface area contributed by atoms with Gasteiger partial charge < -0.3 is 14.5 Å². The molecule has 0 bridgehead atoms. The highest BCUT2D eigenvalue weighted by molar-refractivity contribution is 7.97. The van der Waals surface area contributed by atoms with Gasteiger partial charge in [0.15, 0.2) is 0 Å². The fraction of sp³-hybridized carbons (Fsp3) is 0.346. The van der Waals surface area contributed by atoms with E-state index in [0.717, 1.165) is 27.7 Å². The molecule has 2 N–H and O–H groups in total. The molecule has 0 spiro atoms. The number of benzene rings is 2. The molecular weight excluding hydrogens is 448 g/mol. The summed E-state index contributed by atoms with van der Waals surface area (Å²) in [5.41, 5.74) is 1.82. The summed E-state index contributed by atoms with van der Waals surface area (Å²) >= 11 is 1.16. The molecule has 0 aliphatic carbocycles. The smallest absolute Gasteiger partial charge is 0.272 e. The Morgan fingerprint density at radius 2 is 1.59 bits per heavy atom. The Balaban J connectivity index is 1.28. The maximum atomic E-state index is 13.4. The van der Waals surface area contributed by atoms with Gasteiger partial charge in [-0.2, -0.15) is 0 Å². The number of rotatable bonds is 5. The highest BCUT2D eigenvalue weighted by Gasteiger charge is 2.43. The molecule has 2 aliphatic heterocycles. The van der Waals surface area contributed by atoms with Crippen LogP contribution in [0.3, 0.4) is 0 Å². The number of fused-ring (bicyclic) bond motifs is 2. The zero-order valence-electron chi connectivity index (χ0n) is 19.3. The van der Waals surface area contributed by atoms with Gasteiger partial charge in [-0.1, -0.05) is 12.1 Å². The van der Waals surface area contributed by atoms with Gasteiger partial charge in [0, 0.05) is 59.9 Å². The van der Waals surface area contributed by atoms with Crippen LogP contribution in [0.5, 0.6) is 5.75 Å². The maximum Gasteiger partial charge on any atom is 0.272 e. The number of hydrogen-bond donors (Lipinski definition) is 1. The summed E-state index contributed by atoms with van der Waals surface area (Å²) in [6.07, 6.45) is -0.00585. The Bertz CT molecular complexity index is 1220. The number of aromatic nitrogens is 1. The van der Waals surface area contributed by atoms with Crippen LogP contribution < -0.4 is 9.88 Å². The van der Waals surface area contributed by atoms with E-state index >= 15 is 0 Å². The number of para-hydroxylation sites is 1. The molecule has 1 aromatic heterocycles. The van der Waals surface area contributed by atoms with Crippen LogP contribution in [0.4, 0.5) is 0 Å². The van der Waals surface area contributed by atoms with Crippen molar-refractivity contribution in [3.63, 3.8) is 0 Å². The Kier molecular flexibility index (Phi) is 6.18. The number of ether oxygens (including phenoxy) is 1. The van der Waals surface area contributed by atoms with Crippen LogP contribution in [0.1, 0.15) is 34.7 Å². The van der Waals surface area contributed by atoms with Crippen molar-refractivity contribution >= 4 is 34.7 Å². The second kappa shape index (κ2) is 9.27. The summed E-state index contributed by atoms with van der Waals surface area (Å²) in [5, 5.41) is 6.48. The van der Waals surface area contributed by atoms with Gasteiger partial charge >= 0.3 is 0 Å². The first-order valence-electron chi connectivity index (χ1n) is 11.5. The van der Waals surface area contributed by atoms with Gasteiger partial charge in [0.2, 0.25) is 0 Å². The molecule has 34 heavy (non-hydrogen) atoms. The van der Waals surface area contributed by atoms with Crippen molar-refractivity contribution in [3.8, 4) is 5.75 Å². The molecule has 2 aliphatic rings. The number of hydrogen-bond acceptors (Lipinski definition) is 6. The Morgan fingerprint density at radius 1 is 0.971 bits per heavy atom. The second-order valence-electron chi connectivity index (χ2n) is 9.27. The number of pyridine rings is 1. The molecule has 8 heteroatoms. The van der Waals surface area contributed by atoms with Crippen molar-refractivity contribution in [2.75, 3.05) is 26.2 Å². The van der Waals surface area contributed by atoms with Crippen molar-refractivity contribution in [1.29, 1.82) is 0 Å². The Hall–Kier alpha value is -3.10. The van der Waals surface area contributed by atoms with Crippen LogP contribution in [-0.4, -0.2) is 58.9 Å². The summed E-state index contributed by atoms with van der Waals surface area (Å²) in [6, 6.07) is 16.9. The third-order valence-electron chi connectivity index (χ3n) is 6.56. The molecule has 2 atom stereocenters. The van der Waals surface area contributed by atoms with E-state index < -0.39 is 0 Å². The highest BCUT2D eigenvalue weighted by atomic mass is 32.2. The average molecular weight is 477 g/mol. The van der Waals surface area contributed by atoms with Gasteiger partial charge in [-0.05, 0) is 62.2 Å². The number of nitrogens with two attached hydrogens (primary N) is 1. The van der Waals surface area contributed by atoms with Crippen LogP contribution in [-0.2, 0) is 0 Å². The monoisotopic (exact) mass is 476 g/mol. The summed E-state index contributed by atoms with van der Waals surface area (Å²) in [7, 11) is 0. The predicted molar refractivity (Wildman–Crippen MR) is 133 cm³/mol. The SMILES string of the molecule is CC(C)Oc1cc(C(=O)N2CC3CN(C(=O)c4ccc(SN)cc4)CC3C2)nc2ccccc12. The van der Waals surface area contributed by atoms with E-state index in [4.69, 9.17) is 9.88 Å². The Morgan fingerprint density at radius 3 is 2.21 bits per heavy atom. The van der Waals surface area contributed by atoms with Crippen LogP contribution in [0, 0.1) is 11.8 Å². The normalized spacial score (nSPS) is 19.6. The topological polar surface area (TPSA) is 88.8 Å². The van der Waals surface area contributed by atoms with E-state index in [2.05, 4.69) is 4.98 Å². The number of nitrogens with zero attached hydrogens (tertiary/aromatic N) is 3. The van der Waals surface area contributed by atoms with Gasteiger partial charge in [-0.15, -0.1) is 0 Å².